The van der Waals surface area contributed by atoms with E-state index < -0.39 is 20.0 Å². The molecular formula is C6H6Cl3NO3. The Bertz CT molecular complexity index is 284. The number of ether oxygens (including phenoxy) is 1. The van der Waals surface area contributed by atoms with Gasteiger partial charge in [-0.3, -0.25) is 14.9 Å². The molecule has 2 unspecified atom stereocenters. The summed E-state index contributed by atoms with van der Waals surface area (Å²) >= 11 is 17.5. The molecule has 0 amide bonds. The van der Waals surface area contributed by atoms with Crippen molar-refractivity contribution >= 4 is 34.8 Å². The second-order valence-corrected chi connectivity index (χ2v) is 5.38. The van der Waals surface area contributed by atoms with Gasteiger partial charge in [0.05, 0.1) is 4.92 Å². The average Bonchev–Trinajstić information content (AvgIpc) is 2.58. The van der Waals surface area contributed by atoms with Gasteiger partial charge >= 0.3 is 5.72 Å². The van der Waals surface area contributed by atoms with Crippen LogP contribution in [0.15, 0.2) is 0 Å². The maximum absolute atomic E-state index is 10.8. The van der Waals surface area contributed by atoms with Crippen molar-refractivity contribution < 1.29 is 9.66 Å². The van der Waals surface area contributed by atoms with E-state index in [-0.39, 0.29) is 0 Å². The first-order valence-corrected chi connectivity index (χ1v) is 4.90. The van der Waals surface area contributed by atoms with Crippen molar-refractivity contribution in [1.29, 1.82) is 0 Å². The van der Waals surface area contributed by atoms with E-state index in [0.717, 1.165) is 0 Å². The summed E-state index contributed by atoms with van der Waals surface area (Å²) in [6.45, 7) is 0. The van der Waals surface area contributed by atoms with Gasteiger partial charge in [0.25, 0.3) is 0 Å². The molecule has 1 aliphatic carbocycles. The Balaban J connectivity index is 2.41. The smallest absolute Gasteiger partial charge is 0.276 e. The van der Waals surface area contributed by atoms with Gasteiger partial charge in [0, 0.05) is 6.42 Å². The van der Waals surface area contributed by atoms with Crippen LogP contribution < -0.4 is 0 Å². The Hall–Kier alpha value is 0.230. The first-order valence-electron chi connectivity index (χ1n) is 3.77. The molecular weight excluding hydrogens is 240 g/mol. The standard InChI is InChI=1S/C6H6Cl3NO3/c7-4(8)2-1-3-5(9)6(4,13-5)10(11)12/h1-3H2. The first-order chi connectivity index (χ1) is 5.86. The second-order valence-electron chi connectivity index (χ2n) is 3.29. The quantitative estimate of drug-likeness (QED) is 0.309. The Kier molecular flexibility index (Phi) is 1.82. The van der Waals surface area contributed by atoms with Crippen LogP contribution in [0.2, 0.25) is 0 Å². The maximum atomic E-state index is 10.8. The minimum atomic E-state index is -1.80. The summed E-state index contributed by atoms with van der Waals surface area (Å²) in [5.74, 6) is 0. The van der Waals surface area contributed by atoms with Crippen molar-refractivity contribution in [2.45, 2.75) is 34.4 Å². The van der Waals surface area contributed by atoms with Gasteiger partial charge in [0.2, 0.25) is 9.39 Å². The number of rotatable bonds is 1. The predicted molar refractivity (Wildman–Crippen MR) is 47.7 cm³/mol. The van der Waals surface area contributed by atoms with Gasteiger partial charge in [-0.25, -0.2) is 0 Å². The number of nitrogens with zero attached hydrogens (tertiary/aromatic N) is 1. The van der Waals surface area contributed by atoms with Gasteiger partial charge in [-0.2, -0.15) is 0 Å². The van der Waals surface area contributed by atoms with Gasteiger partial charge < -0.3 is 0 Å². The van der Waals surface area contributed by atoms with Gasteiger partial charge in [0.15, 0.2) is 0 Å². The van der Waals surface area contributed by atoms with E-state index in [9.17, 15) is 10.1 Å². The lowest BCUT2D eigenvalue weighted by atomic mass is 9.94. The number of nitro groups is 1. The minimum absolute atomic E-state index is 0.325. The number of halogens is 3. The van der Waals surface area contributed by atoms with Crippen LogP contribution in [0.1, 0.15) is 19.3 Å². The van der Waals surface area contributed by atoms with E-state index in [1.807, 2.05) is 0 Å². The number of epoxide rings is 1. The molecule has 0 N–H and O–H groups in total. The molecule has 1 heterocycles. The van der Waals surface area contributed by atoms with Gasteiger partial charge in [-0.15, -0.1) is 0 Å². The lowest BCUT2D eigenvalue weighted by Gasteiger charge is -2.25. The lowest BCUT2D eigenvalue weighted by molar-refractivity contribution is -0.568. The molecule has 4 nitrogen and oxygen atoms in total. The second kappa shape index (κ2) is 2.42. The highest BCUT2D eigenvalue weighted by Crippen LogP contribution is 2.67. The van der Waals surface area contributed by atoms with E-state index >= 15 is 0 Å². The first kappa shape index (κ1) is 9.77. The summed E-state index contributed by atoms with van der Waals surface area (Å²) in [5, 5.41) is 9.47. The van der Waals surface area contributed by atoms with Gasteiger partial charge in [-0.05, 0) is 12.8 Å². The Labute approximate surface area is 89.2 Å². The van der Waals surface area contributed by atoms with Crippen molar-refractivity contribution in [2.75, 3.05) is 0 Å². The van der Waals surface area contributed by atoms with E-state index in [1.54, 1.807) is 0 Å². The fraction of sp³-hybridized carbons (Fsp3) is 1.00. The molecule has 2 atom stereocenters. The summed E-state index contributed by atoms with van der Waals surface area (Å²) in [6, 6.07) is 0. The van der Waals surface area contributed by atoms with Crippen molar-refractivity contribution in [3.8, 4) is 0 Å². The molecule has 1 saturated heterocycles. The van der Waals surface area contributed by atoms with Crippen molar-refractivity contribution in [3.05, 3.63) is 10.1 Å². The van der Waals surface area contributed by atoms with Crippen LogP contribution in [0.4, 0.5) is 0 Å². The molecule has 7 heteroatoms. The molecule has 0 bridgehead atoms. The lowest BCUT2D eigenvalue weighted by Crippen LogP contribution is -2.49. The number of fused-ring (bicyclic) bond motifs is 1. The van der Waals surface area contributed by atoms with Crippen molar-refractivity contribution in [1.82, 2.24) is 0 Å². The molecule has 0 aromatic rings. The topological polar surface area (TPSA) is 55.7 Å². The van der Waals surface area contributed by atoms with E-state index in [4.69, 9.17) is 39.5 Å². The number of alkyl halides is 3. The zero-order valence-electron chi connectivity index (χ0n) is 6.43. The third-order valence-electron chi connectivity index (χ3n) is 2.52. The Morgan fingerprint density at radius 1 is 1.31 bits per heavy atom. The van der Waals surface area contributed by atoms with E-state index in [2.05, 4.69) is 0 Å². The summed E-state index contributed by atoms with van der Waals surface area (Å²) in [5.41, 5.74) is -1.80. The van der Waals surface area contributed by atoms with E-state index in [0.29, 0.717) is 19.3 Å². The number of hydrogen-bond donors (Lipinski definition) is 0. The largest absolute Gasteiger partial charge is 0.402 e. The molecule has 2 fully saturated rings. The summed E-state index contributed by atoms with van der Waals surface area (Å²) in [4.78, 5) is 10.1. The monoisotopic (exact) mass is 245 g/mol. The summed E-state index contributed by atoms with van der Waals surface area (Å²) in [6.07, 6.45) is 1.37. The van der Waals surface area contributed by atoms with Crippen LogP contribution in [0.5, 0.6) is 0 Å². The van der Waals surface area contributed by atoms with Gasteiger partial charge in [-0.1, -0.05) is 34.8 Å². The Morgan fingerprint density at radius 3 is 2.31 bits per heavy atom. The zero-order chi connectivity index (χ0) is 9.91. The van der Waals surface area contributed by atoms with Crippen molar-refractivity contribution in [2.24, 2.45) is 0 Å². The molecule has 2 rings (SSSR count). The van der Waals surface area contributed by atoms with Crippen LogP contribution >= 0.6 is 34.8 Å². The van der Waals surface area contributed by atoms with Crippen LogP contribution in [-0.4, -0.2) is 20.0 Å². The van der Waals surface area contributed by atoms with Crippen LogP contribution in [0, 0.1) is 10.1 Å². The third kappa shape index (κ3) is 0.975. The normalized spacial score (nSPS) is 46.7. The van der Waals surface area contributed by atoms with E-state index in [1.165, 1.54) is 0 Å². The van der Waals surface area contributed by atoms with Crippen LogP contribution in [0.25, 0.3) is 0 Å². The van der Waals surface area contributed by atoms with Crippen LogP contribution in [-0.2, 0) is 4.74 Å². The fourth-order valence-electron chi connectivity index (χ4n) is 1.79. The highest BCUT2D eigenvalue weighted by molar-refractivity contribution is 6.50. The number of hydrogen-bond acceptors (Lipinski definition) is 3. The highest BCUT2D eigenvalue weighted by Gasteiger charge is 2.90. The molecule has 74 valence electrons. The Morgan fingerprint density at radius 2 is 1.92 bits per heavy atom. The average molecular weight is 246 g/mol. The molecule has 2 aliphatic rings. The molecule has 1 aliphatic heterocycles. The zero-order valence-corrected chi connectivity index (χ0v) is 8.69. The van der Waals surface area contributed by atoms with Crippen molar-refractivity contribution in [3.63, 3.8) is 0 Å². The minimum Gasteiger partial charge on any atom is -0.276 e. The van der Waals surface area contributed by atoms with Crippen LogP contribution in [0.3, 0.4) is 0 Å². The summed E-state index contributed by atoms with van der Waals surface area (Å²) in [7, 11) is 0. The fourth-order valence-corrected chi connectivity index (χ4v) is 3.15. The highest BCUT2D eigenvalue weighted by atomic mass is 35.5. The third-order valence-corrected chi connectivity index (χ3v) is 3.93. The molecule has 0 aromatic carbocycles. The molecule has 0 radical (unpaired) electrons. The molecule has 1 saturated carbocycles. The van der Waals surface area contributed by atoms with Gasteiger partial charge in [0.1, 0.15) is 0 Å². The molecule has 0 spiro atoms. The summed E-state index contributed by atoms with van der Waals surface area (Å²) < 4.78 is 3.41. The molecule has 13 heavy (non-hydrogen) atoms. The molecule has 0 aromatic heterocycles. The maximum Gasteiger partial charge on any atom is 0.402 e. The predicted octanol–water partition coefficient (Wildman–Crippen LogP) is 2.28. The SMILES string of the molecule is O=[N+]([O-])C12OC1(Cl)CCCC2(Cl)Cl.